The van der Waals surface area contributed by atoms with E-state index in [9.17, 15) is 4.79 Å². The molecule has 0 aliphatic rings. The molecule has 5 nitrogen and oxygen atoms in total. The first kappa shape index (κ1) is 14.1. The van der Waals surface area contributed by atoms with E-state index in [-0.39, 0.29) is 0 Å². The molecule has 5 heteroatoms. The SMILES string of the molecule is Cc1cc(C(N)=O)ccc1COc1cnn(C(C)C)c1. The van der Waals surface area contributed by atoms with E-state index in [1.807, 2.05) is 23.9 Å². The fourth-order valence-corrected chi connectivity index (χ4v) is 1.85. The van der Waals surface area contributed by atoms with Crippen LogP contribution in [0.5, 0.6) is 5.75 Å². The number of benzene rings is 1. The number of hydrogen-bond donors (Lipinski definition) is 1. The van der Waals surface area contributed by atoms with Crippen LogP contribution in [-0.2, 0) is 6.61 Å². The smallest absolute Gasteiger partial charge is 0.248 e. The number of aromatic nitrogens is 2. The van der Waals surface area contributed by atoms with E-state index in [1.54, 1.807) is 18.3 Å². The Kier molecular flexibility index (Phi) is 4.08. The van der Waals surface area contributed by atoms with Crippen LogP contribution in [0.25, 0.3) is 0 Å². The van der Waals surface area contributed by atoms with Crippen molar-refractivity contribution >= 4 is 5.91 Å². The van der Waals surface area contributed by atoms with Gasteiger partial charge in [0, 0.05) is 11.6 Å². The number of aryl methyl sites for hydroxylation is 1. The van der Waals surface area contributed by atoms with Gasteiger partial charge in [-0.15, -0.1) is 0 Å². The molecular formula is C15H19N3O2. The molecule has 0 saturated carbocycles. The molecule has 1 heterocycles. The first-order valence-corrected chi connectivity index (χ1v) is 6.53. The van der Waals surface area contributed by atoms with Gasteiger partial charge in [0.1, 0.15) is 6.61 Å². The van der Waals surface area contributed by atoms with Crippen molar-refractivity contribution in [3.63, 3.8) is 0 Å². The van der Waals surface area contributed by atoms with E-state index in [2.05, 4.69) is 18.9 Å². The Morgan fingerprint density at radius 2 is 2.20 bits per heavy atom. The molecule has 0 unspecified atom stereocenters. The van der Waals surface area contributed by atoms with Crippen LogP contribution in [0.2, 0.25) is 0 Å². The summed E-state index contributed by atoms with van der Waals surface area (Å²) in [6.07, 6.45) is 3.57. The van der Waals surface area contributed by atoms with Crippen molar-refractivity contribution < 1.29 is 9.53 Å². The highest BCUT2D eigenvalue weighted by molar-refractivity contribution is 5.93. The van der Waals surface area contributed by atoms with Crippen molar-refractivity contribution in [2.45, 2.75) is 33.4 Å². The molecule has 106 valence electrons. The largest absolute Gasteiger partial charge is 0.486 e. The summed E-state index contributed by atoms with van der Waals surface area (Å²) < 4.78 is 7.55. The highest BCUT2D eigenvalue weighted by Gasteiger charge is 2.06. The van der Waals surface area contributed by atoms with Crippen molar-refractivity contribution in [2.24, 2.45) is 5.73 Å². The second-order valence-electron chi connectivity index (χ2n) is 5.04. The minimum absolute atomic E-state index is 0.309. The van der Waals surface area contributed by atoms with Gasteiger partial charge >= 0.3 is 0 Å². The van der Waals surface area contributed by atoms with Crippen molar-refractivity contribution in [1.82, 2.24) is 9.78 Å². The molecule has 0 aliphatic carbocycles. The molecule has 1 aromatic heterocycles. The van der Waals surface area contributed by atoms with Gasteiger partial charge in [-0.25, -0.2) is 0 Å². The lowest BCUT2D eigenvalue weighted by molar-refractivity contribution is 0.1000. The Morgan fingerprint density at radius 3 is 2.75 bits per heavy atom. The van der Waals surface area contributed by atoms with Crippen molar-refractivity contribution in [2.75, 3.05) is 0 Å². The second kappa shape index (κ2) is 5.77. The van der Waals surface area contributed by atoms with Crippen molar-refractivity contribution in [1.29, 1.82) is 0 Å². The standard InChI is InChI=1S/C15H19N3O2/c1-10(2)18-8-14(7-17-18)20-9-13-5-4-12(15(16)19)6-11(13)3/h4-8,10H,9H2,1-3H3,(H2,16,19). The monoisotopic (exact) mass is 273 g/mol. The zero-order valence-electron chi connectivity index (χ0n) is 12.0. The van der Waals surface area contributed by atoms with Crippen LogP contribution in [0.15, 0.2) is 30.6 Å². The average molecular weight is 273 g/mol. The lowest BCUT2D eigenvalue weighted by Crippen LogP contribution is -2.11. The Labute approximate surface area is 118 Å². The maximum atomic E-state index is 11.1. The van der Waals surface area contributed by atoms with E-state index in [4.69, 9.17) is 10.5 Å². The average Bonchev–Trinajstić information content (AvgIpc) is 2.86. The lowest BCUT2D eigenvalue weighted by Gasteiger charge is -2.08. The van der Waals surface area contributed by atoms with Crippen LogP contribution >= 0.6 is 0 Å². The number of amides is 1. The van der Waals surface area contributed by atoms with Gasteiger partial charge in [0.15, 0.2) is 5.75 Å². The van der Waals surface area contributed by atoms with E-state index in [1.165, 1.54) is 0 Å². The molecule has 1 aromatic carbocycles. The number of nitrogens with two attached hydrogens (primary N) is 1. The number of carbonyl (C=O) groups is 1. The second-order valence-corrected chi connectivity index (χ2v) is 5.04. The van der Waals surface area contributed by atoms with Crippen LogP contribution in [0, 0.1) is 6.92 Å². The Balaban J connectivity index is 2.05. The molecule has 2 N–H and O–H groups in total. The molecule has 2 aromatic rings. The van der Waals surface area contributed by atoms with Gasteiger partial charge in [0.2, 0.25) is 5.91 Å². The third-order valence-corrected chi connectivity index (χ3v) is 3.13. The number of hydrogen-bond acceptors (Lipinski definition) is 3. The van der Waals surface area contributed by atoms with Gasteiger partial charge in [-0.1, -0.05) is 6.07 Å². The first-order valence-electron chi connectivity index (χ1n) is 6.53. The highest BCUT2D eigenvalue weighted by Crippen LogP contribution is 2.17. The molecule has 1 amide bonds. The van der Waals surface area contributed by atoms with Crippen LogP contribution in [-0.4, -0.2) is 15.7 Å². The molecule has 0 saturated heterocycles. The summed E-state index contributed by atoms with van der Waals surface area (Å²) in [7, 11) is 0. The van der Waals surface area contributed by atoms with E-state index in [0.717, 1.165) is 16.9 Å². The minimum atomic E-state index is -0.418. The topological polar surface area (TPSA) is 70.1 Å². The van der Waals surface area contributed by atoms with Gasteiger partial charge in [-0.05, 0) is 44.0 Å². The molecule has 2 rings (SSSR count). The van der Waals surface area contributed by atoms with Gasteiger partial charge in [-0.3, -0.25) is 9.48 Å². The van der Waals surface area contributed by atoms with Crippen LogP contribution in [0.1, 0.15) is 41.4 Å². The number of primary amides is 1. The molecule has 0 spiro atoms. The first-order chi connectivity index (χ1) is 9.47. The third-order valence-electron chi connectivity index (χ3n) is 3.13. The van der Waals surface area contributed by atoms with E-state index >= 15 is 0 Å². The quantitative estimate of drug-likeness (QED) is 0.909. The zero-order chi connectivity index (χ0) is 14.7. The van der Waals surface area contributed by atoms with E-state index in [0.29, 0.717) is 18.2 Å². The number of carbonyl (C=O) groups excluding carboxylic acids is 1. The maximum absolute atomic E-state index is 11.1. The lowest BCUT2D eigenvalue weighted by atomic mass is 10.1. The fraction of sp³-hybridized carbons (Fsp3) is 0.333. The Morgan fingerprint density at radius 1 is 1.45 bits per heavy atom. The Hall–Kier alpha value is -2.30. The molecule has 0 aliphatic heterocycles. The molecule has 0 fully saturated rings. The molecule has 20 heavy (non-hydrogen) atoms. The molecule has 0 radical (unpaired) electrons. The van der Waals surface area contributed by atoms with Crippen molar-refractivity contribution in [3.05, 3.63) is 47.3 Å². The van der Waals surface area contributed by atoms with Crippen LogP contribution in [0.4, 0.5) is 0 Å². The maximum Gasteiger partial charge on any atom is 0.248 e. The van der Waals surface area contributed by atoms with Gasteiger partial charge < -0.3 is 10.5 Å². The summed E-state index contributed by atoms with van der Waals surface area (Å²) in [6, 6.07) is 5.66. The summed E-state index contributed by atoms with van der Waals surface area (Å²) in [5, 5.41) is 4.22. The number of rotatable bonds is 5. The summed E-state index contributed by atoms with van der Waals surface area (Å²) in [4.78, 5) is 11.1. The predicted octanol–water partition coefficient (Wildman–Crippen LogP) is 2.45. The molecular weight excluding hydrogens is 254 g/mol. The summed E-state index contributed by atoms with van der Waals surface area (Å²) in [5.41, 5.74) is 7.76. The summed E-state index contributed by atoms with van der Waals surface area (Å²) >= 11 is 0. The Bertz CT molecular complexity index is 617. The summed E-state index contributed by atoms with van der Waals surface area (Å²) in [5.74, 6) is 0.316. The fourth-order valence-electron chi connectivity index (χ4n) is 1.85. The summed E-state index contributed by atoms with van der Waals surface area (Å²) in [6.45, 7) is 6.49. The molecule has 0 atom stereocenters. The normalized spacial score (nSPS) is 10.8. The number of ether oxygens (including phenoxy) is 1. The zero-order valence-corrected chi connectivity index (χ0v) is 12.0. The molecule has 0 bridgehead atoms. The van der Waals surface area contributed by atoms with E-state index < -0.39 is 5.91 Å². The van der Waals surface area contributed by atoms with Gasteiger partial charge in [-0.2, -0.15) is 5.10 Å². The third kappa shape index (κ3) is 3.17. The van der Waals surface area contributed by atoms with Crippen molar-refractivity contribution in [3.8, 4) is 5.75 Å². The van der Waals surface area contributed by atoms with Crippen LogP contribution in [0.3, 0.4) is 0 Å². The number of nitrogens with zero attached hydrogens (tertiary/aromatic N) is 2. The highest BCUT2D eigenvalue weighted by atomic mass is 16.5. The van der Waals surface area contributed by atoms with Gasteiger partial charge in [0.25, 0.3) is 0 Å². The minimum Gasteiger partial charge on any atom is -0.486 e. The van der Waals surface area contributed by atoms with Crippen LogP contribution < -0.4 is 10.5 Å². The predicted molar refractivity (Wildman–Crippen MR) is 76.6 cm³/mol. The van der Waals surface area contributed by atoms with Gasteiger partial charge in [0.05, 0.1) is 12.4 Å².